The van der Waals surface area contributed by atoms with Crippen molar-refractivity contribution in [3.63, 3.8) is 0 Å². The predicted molar refractivity (Wildman–Crippen MR) is 81.7 cm³/mol. The van der Waals surface area contributed by atoms with Crippen LogP contribution in [0.2, 0.25) is 0 Å². The second-order valence-electron chi connectivity index (χ2n) is 4.80. The molecule has 1 aromatic rings. The standard InChI is InChI=1S/C16H19ClO5/c1-21-15(19)7-6-13(16(20)22-2)9-14(18)12-5-3-4-11(8-12)10-17/h3-5,8,13H,6-7,9-10H2,1-2H3/t13-/m1/s1. The van der Waals surface area contributed by atoms with Gasteiger partial charge in [-0.2, -0.15) is 0 Å². The molecular weight excluding hydrogens is 308 g/mol. The summed E-state index contributed by atoms with van der Waals surface area (Å²) in [6.07, 6.45) is 0.251. The molecule has 0 aliphatic carbocycles. The molecule has 1 aromatic carbocycles. The van der Waals surface area contributed by atoms with Crippen LogP contribution in [0.25, 0.3) is 0 Å². The molecular formula is C16H19ClO5. The smallest absolute Gasteiger partial charge is 0.309 e. The maximum atomic E-state index is 12.3. The maximum Gasteiger partial charge on any atom is 0.309 e. The number of carbonyl (C=O) groups is 3. The molecule has 1 rings (SSSR count). The van der Waals surface area contributed by atoms with E-state index in [1.807, 2.05) is 6.07 Å². The number of halogens is 1. The molecule has 22 heavy (non-hydrogen) atoms. The first-order chi connectivity index (χ1) is 10.5. The van der Waals surface area contributed by atoms with Crippen LogP contribution in [-0.4, -0.2) is 31.9 Å². The zero-order valence-electron chi connectivity index (χ0n) is 12.6. The second kappa shape index (κ2) is 9.20. The zero-order valence-corrected chi connectivity index (χ0v) is 13.4. The van der Waals surface area contributed by atoms with Gasteiger partial charge in [0.1, 0.15) is 0 Å². The van der Waals surface area contributed by atoms with Crippen molar-refractivity contribution in [1.82, 2.24) is 0 Å². The number of carbonyl (C=O) groups excluding carboxylic acids is 3. The minimum Gasteiger partial charge on any atom is -0.469 e. The molecule has 0 heterocycles. The molecule has 0 saturated carbocycles. The average molecular weight is 327 g/mol. The Bertz CT molecular complexity index is 541. The molecule has 1 atom stereocenters. The number of esters is 2. The van der Waals surface area contributed by atoms with Gasteiger partial charge in [0.15, 0.2) is 5.78 Å². The van der Waals surface area contributed by atoms with Gasteiger partial charge in [-0.15, -0.1) is 11.6 Å². The van der Waals surface area contributed by atoms with Crippen LogP contribution < -0.4 is 0 Å². The van der Waals surface area contributed by atoms with Crippen molar-refractivity contribution in [1.29, 1.82) is 0 Å². The van der Waals surface area contributed by atoms with E-state index in [9.17, 15) is 14.4 Å². The predicted octanol–water partition coefficient (Wildman–Crippen LogP) is 2.74. The number of alkyl halides is 1. The lowest BCUT2D eigenvalue weighted by Gasteiger charge is -2.13. The van der Waals surface area contributed by atoms with Gasteiger partial charge in [-0.1, -0.05) is 18.2 Å². The first-order valence-electron chi connectivity index (χ1n) is 6.84. The molecule has 0 aromatic heterocycles. The highest BCUT2D eigenvalue weighted by Crippen LogP contribution is 2.18. The summed E-state index contributed by atoms with van der Waals surface area (Å²) in [6, 6.07) is 6.93. The summed E-state index contributed by atoms with van der Waals surface area (Å²) >= 11 is 5.75. The first kappa shape index (κ1) is 18.2. The van der Waals surface area contributed by atoms with Crippen LogP contribution in [0, 0.1) is 5.92 Å². The van der Waals surface area contributed by atoms with E-state index in [0.717, 1.165) is 5.56 Å². The highest BCUT2D eigenvalue weighted by molar-refractivity contribution is 6.17. The van der Waals surface area contributed by atoms with Crippen LogP contribution >= 0.6 is 11.6 Å². The Morgan fingerprint density at radius 1 is 1.18 bits per heavy atom. The van der Waals surface area contributed by atoms with E-state index in [-0.39, 0.29) is 25.0 Å². The van der Waals surface area contributed by atoms with Crippen molar-refractivity contribution in [2.75, 3.05) is 14.2 Å². The minimum absolute atomic E-state index is 0.0184. The Hall–Kier alpha value is -1.88. The molecule has 6 heteroatoms. The zero-order chi connectivity index (χ0) is 16.5. The van der Waals surface area contributed by atoms with E-state index in [0.29, 0.717) is 11.4 Å². The SMILES string of the molecule is COC(=O)CC[C@H](CC(=O)c1cccc(CCl)c1)C(=O)OC. The summed E-state index contributed by atoms with van der Waals surface area (Å²) in [5.41, 5.74) is 1.32. The van der Waals surface area contributed by atoms with E-state index >= 15 is 0 Å². The minimum atomic E-state index is -0.670. The highest BCUT2D eigenvalue weighted by Gasteiger charge is 2.24. The third-order valence-corrected chi connectivity index (χ3v) is 3.60. The van der Waals surface area contributed by atoms with Gasteiger partial charge in [0, 0.05) is 24.3 Å². The van der Waals surface area contributed by atoms with E-state index in [1.165, 1.54) is 14.2 Å². The van der Waals surface area contributed by atoms with Gasteiger partial charge in [0.05, 0.1) is 20.1 Å². The number of methoxy groups -OCH3 is 2. The average Bonchev–Trinajstić information content (AvgIpc) is 2.57. The molecule has 0 unspecified atom stereocenters. The Morgan fingerprint density at radius 2 is 1.91 bits per heavy atom. The van der Waals surface area contributed by atoms with E-state index in [2.05, 4.69) is 4.74 Å². The largest absolute Gasteiger partial charge is 0.469 e. The molecule has 0 saturated heterocycles. The summed E-state index contributed by atoms with van der Waals surface area (Å²) in [7, 11) is 2.53. The molecule has 0 N–H and O–H groups in total. The highest BCUT2D eigenvalue weighted by atomic mass is 35.5. The molecule has 0 bridgehead atoms. The number of ether oxygens (including phenoxy) is 2. The van der Waals surface area contributed by atoms with E-state index in [4.69, 9.17) is 16.3 Å². The lowest BCUT2D eigenvalue weighted by Crippen LogP contribution is -2.21. The number of Topliss-reactive ketones (excluding diaryl/α,β-unsaturated/α-hetero) is 1. The van der Waals surface area contributed by atoms with Crippen molar-refractivity contribution in [2.45, 2.75) is 25.1 Å². The van der Waals surface area contributed by atoms with Crippen LogP contribution in [0.1, 0.15) is 35.2 Å². The van der Waals surface area contributed by atoms with E-state index < -0.39 is 17.9 Å². The van der Waals surface area contributed by atoms with Crippen molar-refractivity contribution in [2.24, 2.45) is 5.92 Å². The van der Waals surface area contributed by atoms with Gasteiger partial charge in [-0.05, 0) is 18.1 Å². The summed E-state index contributed by atoms with van der Waals surface area (Å²) in [6.45, 7) is 0. The summed E-state index contributed by atoms with van der Waals surface area (Å²) in [5.74, 6) is -1.48. The number of hydrogen-bond donors (Lipinski definition) is 0. The Kier molecular flexibility index (Phi) is 7.60. The quantitative estimate of drug-likeness (QED) is 0.417. The van der Waals surface area contributed by atoms with Gasteiger partial charge in [-0.3, -0.25) is 14.4 Å². The lowest BCUT2D eigenvalue weighted by molar-refractivity contribution is -0.146. The first-order valence-corrected chi connectivity index (χ1v) is 7.38. The van der Waals surface area contributed by atoms with Crippen LogP contribution in [0.3, 0.4) is 0 Å². The molecule has 0 radical (unpaired) electrons. The Labute approximate surface area is 134 Å². The maximum absolute atomic E-state index is 12.3. The molecule has 0 amide bonds. The normalized spacial score (nSPS) is 11.6. The third kappa shape index (κ3) is 5.48. The summed E-state index contributed by atoms with van der Waals surface area (Å²) in [4.78, 5) is 35.2. The summed E-state index contributed by atoms with van der Waals surface area (Å²) in [5, 5.41) is 0. The van der Waals surface area contributed by atoms with Crippen molar-refractivity contribution < 1.29 is 23.9 Å². The second-order valence-corrected chi connectivity index (χ2v) is 5.06. The van der Waals surface area contributed by atoms with Crippen LogP contribution in [0.4, 0.5) is 0 Å². The Balaban J connectivity index is 2.77. The summed E-state index contributed by atoms with van der Waals surface area (Å²) < 4.78 is 9.24. The number of hydrogen-bond acceptors (Lipinski definition) is 5. The molecule has 0 aliphatic rings. The third-order valence-electron chi connectivity index (χ3n) is 3.29. The fourth-order valence-electron chi connectivity index (χ4n) is 2.03. The van der Waals surface area contributed by atoms with Gasteiger partial charge in [-0.25, -0.2) is 0 Å². The van der Waals surface area contributed by atoms with E-state index in [1.54, 1.807) is 18.2 Å². The molecule has 0 aliphatic heterocycles. The van der Waals surface area contributed by atoms with Crippen LogP contribution in [-0.2, 0) is 24.9 Å². The van der Waals surface area contributed by atoms with Crippen molar-refractivity contribution in [3.8, 4) is 0 Å². The fraction of sp³-hybridized carbons (Fsp3) is 0.438. The number of benzene rings is 1. The van der Waals surface area contributed by atoms with Gasteiger partial charge in [0.2, 0.25) is 0 Å². The number of ketones is 1. The topological polar surface area (TPSA) is 69.7 Å². The number of rotatable bonds is 8. The Morgan fingerprint density at radius 3 is 2.50 bits per heavy atom. The molecule has 120 valence electrons. The van der Waals surface area contributed by atoms with Crippen molar-refractivity contribution in [3.05, 3.63) is 35.4 Å². The fourth-order valence-corrected chi connectivity index (χ4v) is 2.20. The molecule has 0 spiro atoms. The molecule has 0 fully saturated rings. The van der Waals surface area contributed by atoms with Crippen LogP contribution in [0.5, 0.6) is 0 Å². The van der Waals surface area contributed by atoms with Crippen LogP contribution in [0.15, 0.2) is 24.3 Å². The van der Waals surface area contributed by atoms with Gasteiger partial charge >= 0.3 is 11.9 Å². The lowest BCUT2D eigenvalue weighted by atomic mass is 9.93. The van der Waals surface area contributed by atoms with Gasteiger partial charge < -0.3 is 9.47 Å². The monoisotopic (exact) mass is 326 g/mol. The van der Waals surface area contributed by atoms with Crippen molar-refractivity contribution >= 4 is 29.3 Å². The molecule has 5 nitrogen and oxygen atoms in total. The van der Waals surface area contributed by atoms with Gasteiger partial charge in [0.25, 0.3) is 0 Å².